The number of benzene rings is 1. The molecule has 1 amide bonds. The third kappa shape index (κ3) is 2.65. The van der Waals surface area contributed by atoms with Crippen LogP contribution < -0.4 is 0 Å². The number of hydrogen-bond donors (Lipinski definition) is 0. The predicted molar refractivity (Wildman–Crippen MR) is 89.7 cm³/mol. The maximum absolute atomic E-state index is 12.7. The predicted octanol–water partition coefficient (Wildman–Crippen LogP) is 3.46. The number of nitrogens with zero attached hydrogens (tertiary/aromatic N) is 3. The van der Waals surface area contributed by atoms with Crippen LogP contribution in [0.15, 0.2) is 36.5 Å². The molecule has 0 saturated carbocycles. The highest BCUT2D eigenvalue weighted by molar-refractivity contribution is 5.84. The molecule has 1 aromatic carbocycles. The van der Waals surface area contributed by atoms with Crippen molar-refractivity contribution in [3.05, 3.63) is 42.1 Å². The van der Waals surface area contributed by atoms with E-state index in [1.807, 2.05) is 62.0 Å². The van der Waals surface area contributed by atoms with Crippen LogP contribution >= 0.6 is 0 Å². The van der Waals surface area contributed by atoms with Crippen LogP contribution in [-0.4, -0.2) is 34.7 Å². The molecular formula is C18H25N3O. The van der Waals surface area contributed by atoms with E-state index in [0.717, 1.165) is 29.7 Å². The maximum atomic E-state index is 12.7. The average Bonchev–Trinajstić information content (AvgIpc) is 2.92. The van der Waals surface area contributed by atoms with E-state index in [9.17, 15) is 4.79 Å². The van der Waals surface area contributed by atoms with Gasteiger partial charge in [0.25, 0.3) is 0 Å². The fourth-order valence-electron chi connectivity index (χ4n) is 2.95. The number of rotatable bonds is 5. The van der Waals surface area contributed by atoms with Gasteiger partial charge in [-0.1, -0.05) is 44.2 Å². The summed E-state index contributed by atoms with van der Waals surface area (Å²) in [4.78, 5) is 14.4. The van der Waals surface area contributed by atoms with Gasteiger partial charge < -0.3 is 4.90 Å². The summed E-state index contributed by atoms with van der Waals surface area (Å²) in [6.07, 6.45) is 3.43. The quantitative estimate of drug-likeness (QED) is 0.848. The molecule has 2 aromatic rings. The molecule has 0 N–H and O–H groups in total. The van der Waals surface area contributed by atoms with Gasteiger partial charge in [0, 0.05) is 25.9 Å². The largest absolute Gasteiger partial charge is 0.347 e. The summed E-state index contributed by atoms with van der Waals surface area (Å²) in [5, 5.41) is 4.77. The summed E-state index contributed by atoms with van der Waals surface area (Å²) in [6.45, 7) is 6.14. The number of carbonyl (C=O) groups excluding carboxylic acids is 1. The second-order valence-electron chi connectivity index (χ2n) is 5.91. The van der Waals surface area contributed by atoms with Crippen molar-refractivity contribution in [2.24, 2.45) is 0 Å². The van der Waals surface area contributed by atoms with Gasteiger partial charge in [-0.25, -0.2) is 0 Å². The third-order valence-electron chi connectivity index (χ3n) is 4.36. The Hall–Kier alpha value is -2.10. The van der Waals surface area contributed by atoms with Crippen LogP contribution in [0, 0.1) is 6.92 Å². The van der Waals surface area contributed by atoms with Gasteiger partial charge in [0.15, 0.2) is 0 Å². The minimum Gasteiger partial charge on any atom is -0.347 e. The van der Waals surface area contributed by atoms with Crippen LogP contribution in [-0.2, 0) is 10.3 Å². The SMILES string of the molecule is CCC(CC)(C(=O)N(C)C)n1cc(C)c(-c2ccccc2)n1. The van der Waals surface area contributed by atoms with Crippen LogP contribution in [0.25, 0.3) is 11.3 Å². The van der Waals surface area contributed by atoms with Crippen LogP contribution in [0.1, 0.15) is 32.3 Å². The molecule has 0 aliphatic rings. The molecule has 0 saturated heterocycles. The van der Waals surface area contributed by atoms with Gasteiger partial charge in [0.05, 0.1) is 5.69 Å². The second-order valence-corrected chi connectivity index (χ2v) is 5.91. The van der Waals surface area contributed by atoms with E-state index in [-0.39, 0.29) is 5.91 Å². The molecule has 0 radical (unpaired) electrons. The summed E-state index contributed by atoms with van der Waals surface area (Å²) >= 11 is 0. The third-order valence-corrected chi connectivity index (χ3v) is 4.36. The Labute approximate surface area is 132 Å². The molecule has 0 aliphatic carbocycles. The lowest BCUT2D eigenvalue weighted by atomic mass is 9.91. The van der Waals surface area contributed by atoms with Crippen LogP contribution in [0.3, 0.4) is 0 Å². The topological polar surface area (TPSA) is 38.1 Å². The van der Waals surface area contributed by atoms with E-state index in [2.05, 4.69) is 0 Å². The van der Waals surface area contributed by atoms with E-state index in [0.29, 0.717) is 0 Å². The molecule has 0 unspecified atom stereocenters. The number of likely N-dealkylation sites (N-methyl/N-ethyl adjacent to an activating group) is 1. The molecule has 4 heteroatoms. The van der Waals surface area contributed by atoms with Gasteiger partial charge in [-0.2, -0.15) is 5.10 Å². The summed E-state index contributed by atoms with van der Waals surface area (Å²) in [5.74, 6) is 0.0969. The molecule has 2 rings (SSSR count). The standard InChI is InChI=1S/C18H25N3O/c1-6-18(7-2,17(22)20(4)5)21-13-14(3)16(19-21)15-11-9-8-10-12-15/h8-13H,6-7H2,1-5H3. The van der Waals surface area contributed by atoms with Gasteiger partial charge in [-0.15, -0.1) is 0 Å². The zero-order valence-electron chi connectivity index (χ0n) is 14.1. The highest BCUT2D eigenvalue weighted by atomic mass is 16.2. The van der Waals surface area contributed by atoms with Gasteiger partial charge in [0.2, 0.25) is 5.91 Å². The molecule has 0 fully saturated rings. The van der Waals surface area contributed by atoms with E-state index in [4.69, 9.17) is 5.10 Å². The molecule has 0 spiro atoms. The normalized spacial score (nSPS) is 11.5. The molecule has 0 bridgehead atoms. The lowest BCUT2D eigenvalue weighted by Gasteiger charge is -2.33. The first-order valence-corrected chi connectivity index (χ1v) is 7.80. The monoisotopic (exact) mass is 299 g/mol. The van der Waals surface area contributed by atoms with E-state index in [1.54, 1.807) is 19.0 Å². The smallest absolute Gasteiger partial charge is 0.250 e. The van der Waals surface area contributed by atoms with Crippen LogP contribution in [0.2, 0.25) is 0 Å². The van der Waals surface area contributed by atoms with Crippen molar-refractivity contribution < 1.29 is 4.79 Å². The van der Waals surface area contributed by atoms with Gasteiger partial charge in [0.1, 0.15) is 5.54 Å². The van der Waals surface area contributed by atoms with Crippen molar-refractivity contribution >= 4 is 5.91 Å². The number of aromatic nitrogens is 2. The summed E-state index contributed by atoms with van der Waals surface area (Å²) in [6, 6.07) is 10.1. The number of hydrogen-bond acceptors (Lipinski definition) is 2. The summed E-state index contributed by atoms with van der Waals surface area (Å²) in [5.41, 5.74) is 2.50. The maximum Gasteiger partial charge on any atom is 0.250 e. The van der Waals surface area contributed by atoms with Crippen molar-refractivity contribution in [1.82, 2.24) is 14.7 Å². The molecule has 1 heterocycles. The molecule has 4 nitrogen and oxygen atoms in total. The lowest BCUT2D eigenvalue weighted by molar-refractivity contribution is -0.139. The van der Waals surface area contributed by atoms with Crippen molar-refractivity contribution in [2.45, 2.75) is 39.2 Å². The lowest BCUT2D eigenvalue weighted by Crippen LogP contribution is -2.47. The molecule has 1 aromatic heterocycles. The fraction of sp³-hybridized carbons (Fsp3) is 0.444. The minimum atomic E-state index is -0.610. The molecular weight excluding hydrogens is 274 g/mol. The molecule has 118 valence electrons. The Bertz CT molecular complexity index is 640. The zero-order chi connectivity index (χ0) is 16.3. The highest BCUT2D eigenvalue weighted by Gasteiger charge is 2.39. The van der Waals surface area contributed by atoms with E-state index < -0.39 is 5.54 Å². The Balaban J connectivity index is 2.54. The minimum absolute atomic E-state index is 0.0969. The van der Waals surface area contributed by atoms with Crippen molar-refractivity contribution in [3.63, 3.8) is 0 Å². The fourth-order valence-corrected chi connectivity index (χ4v) is 2.95. The van der Waals surface area contributed by atoms with Crippen molar-refractivity contribution in [1.29, 1.82) is 0 Å². The van der Waals surface area contributed by atoms with Crippen molar-refractivity contribution in [2.75, 3.05) is 14.1 Å². The molecule has 0 aliphatic heterocycles. The first-order valence-electron chi connectivity index (χ1n) is 7.80. The van der Waals surface area contributed by atoms with Gasteiger partial charge in [-0.05, 0) is 25.3 Å². The highest BCUT2D eigenvalue weighted by Crippen LogP contribution is 2.30. The number of aryl methyl sites for hydroxylation is 1. The van der Waals surface area contributed by atoms with Crippen LogP contribution in [0.4, 0.5) is 0 Å². The first kappa shape index (κ1) is 16.3. The Morgan fingerprint density at radius 2 is 1.77 bits per heavy atom. The molecule has 0 atom stereocenters. The van der Waals surface area contributed by atoms with E-state index >= 15 is 0 Å². The number of carbonyl (C=O) groups is 1. The van der Waals surface area contributed by atoms with Gasteiger partial charge >= 0.3 is 0 Å². The van der Waals surface area contributed by atoms with Crippen LogP contribution in [0.5, 0.6) is 0 Å². The Kier molecular flexibility index (Phi) is 4.69. The summed E-state index contributed by atoms with van der Waals surface area (Å²) < 4.78 is 1.87. The Morgan fingerprint density at radius 3 is 2.27 bits per heavy atom. The number of amides is 1. The first-order chi connectivity index (χ1) is 10.5. The second kappa shape index (κ2) is 6.34. The Morgan fingerprint density at radius 1 is 1.18 bits per heavy atom. The summed E-state index contributed by atoms with van der Waals surface area (Å²) in [7, 11) is 3.60. The average molecular weight is 299 g/mol. The van der Waals surface area contributed by atoms with E-state index in [1.165, 1.54) is 0 Å². The van der Waals surface area contributed by atoms with Crippen molar-refractivity contribution in [3.8, 4) is 11.3 Å². The molecule has 22 heavy (non-hydrogen) atoms. The zero-order valence-corrected chi connectivity index (χ0v) is 14.1. The van der Waals surface area contributed by atoms with Gasteiger partial charge in [-0.3, -0.25) is 9.48 Å².